The maximum absolute atomic E-state index is 11.3. The van der Waals surface area contributed by atoms with Crippen molar-refractivity contribution in [3.8, 4) is 11.5 Å². The summed E-state index contributed by atoms with van der Waals surface area (Å²) in [5.41, 5.74) is 1.03. The Labute approximate surface area is 127 Å². The van der Waals surface area contributed by atoms with Gasteiger partial charge in [0.1, 0.15) is 5.56 Å². The topological polar surface area (TPSA) is 68.7 Å². The summed E-state index contributed by atoms with van der Waals surface area (Å²) in [6, 6.07) is 6.62. The minimum Gasteiger partial charge on any atom is -0.493 e. The van der Waals surface area contributed by atoms with Crippen molar-refractivity contribution in [1.29, 1.82) is 0 Å². The first-order chi connectivity index (χ1) is 10.1. The molecule has 1 aromatic carbocycles. The van der Waals surface area contributed by atoms with E-state index in [-0.39, 0.29) is 16.3 Å². The predicted molar refractivity (Wildman–Crippen MR) is 78.4 cm³/mol. The second-order valence-electron chi connectivity index (χ2n) is 4.24. The third kappa shape index (κ3) is 3.86. The lowest BCUT2D eigenvalue weighted by Crippen LogP contribution is -2.08. The van der Waals surface area contributed by atoms with Gasteiger partial charge in [0.2, 0.25) is 0 Å². The fourth-order valence-corrected chi connectivity index (χ4v) is 2.06. The Morgan fingerprint density at radius 3 is 2.67 bits per heavy atom. The molecule has 0 atom stereocenters. The second-order valence-corrected chi connectivity index (χ2v) is 4.68. The van der Waals surface area contributed by atoms with Gasteiger partial charge >= 0.3 is 5.97 Å². The van der Waals surface area contributed by atoms with Gasteiger partial charge in [0.05, 0.1) is 13.7 Å². The zero-order valence-electron chi connectivity index (χ0n) is 11.4. The summed E-state index contributed by atoms with van der Waals surface area (Å²) in [6.45, 7) is 0.322. The molecule has 0 saturated carbocycles. The van der Waals surface area contributed by atoms with Crippen molar-refractivity contribution < 1.29 is 19.4 Å². The number of rotatable bonds is 6. The van der Waals surface area contributed by atoms with Crippen molar-refractivity contribution in [3.63, 3.8) is 0 Å². The Bertz CT molecular complexity index is 631. The third-order valence-electron chi connectivity index (χ3n) is 2.86. The number of aromatic nitrogens is 1. The van der Waals surface area contributed by atoms with Crippen LogP contribution >= 0.6 is 11.6 Å². The summed E-state index contributed by atoms with van der Waals surface area (Å²) >= 11 is 5.87. The average Bonchev–Trinajstić information content (AvgIpc) is 2.49. The predicted octanol–water partition coefficient (Wildman–Crippen LogP) is 3.06. The summed E-state index contributed by atoms with van der Waals surface area (Å²) in [7, 11) is 1.44. The van der Waals surface area contributed by atoms with Crippen LogP contribution in [-0.4, -0.2) is 29.8 Å². The van der Waals surface area contributed by atoms with Crippen LogP contribution in [0.25, 0.3) is 0 Å². The quantitative estimate of drug-likeness (QED) is 0.888. The van der Waals surface area contributed by atoms with E-state index in [2.05, 4.69) is 4.98 Å². The number of methoxy groups -OCH3 is 1. The van der Waals surface area contributed by atoms with Gasteiger partial charge in [-0.05, 0) is 23.8 Å². The molecule has 0 bridgehead atoms. The van der Waals surface area contributed by atoms with Gasteiger partial charge < -0.3 is 14.6 Å². The lowest BCUT2D eigenvalue weighted by atomic mass is 10.2. The molecule has 0 saturated heterocycles. The number of hydrogen-bond acceptors (Lipinski definition) is 4. The van der Waals surface area contributed by atoms with Crippen molar-refractivity contribution in [3.05, 3.63) is 52.8 Å². The number of hydrogen-bond donors (Lipinski definition) is 1. The molecular formula is C15H14ClNO4. The second kappa shape index (κ2) is 6.95. The van der Waals surface area contributed by atoms with E-state index in [1.807, 2.05) is 12.1 Å². The van der Waals surface area contributed by atoms with Gasteiger partial charge in [-0.3, -0.25) is 4.98 Å². The molecule has 0 aliphatic rings. The highest BCUT2D eigenvalue weighted by atomic mass is 35.5. The number of carboxylic acid groups (broad SMARTS) is 1. The zero-order chi connectivity index (χ0) is 15.2. The minimum absolute atomic E-state index is 0.0194. The summed E-state index contributed by atoms with van der Waals surface area (Å²) in [6.07, 6.45) is 4.02. The molecule has 0 fully saturated rings. The molecule has 1 N–H and O–H groups in total. The highest BCUT2D eigenvalue weighted by Gasteiger charge is 2.18. The number of carbonyl (C=O) groups is 1. The largest absolute Gasteiger partial charge is 0.493 e. The van der Waals surface area contributed by atoms with E-state index in [4.69, 9.17) is 21.1 Å². The first-order valence-corrected chi connectivity index (χ1v) is 6.62. The molecule has 0 aliphatic carbocycles. The van der Waals surface area contributed by atoms with Gasteiger partial charge in [-0.1, -0.05) is 11.6 Å². The molecule has 0 amide bonds. The van der Waals surface area contributed by atoms with Crippen LogP contribution in [0.4, 0.5) is 0 Å². The number of aromatic carboxylic acids is 1. The van der Waals surface area contributed by atoms with Crippen molar-refractivity contribution in [2.24, 2.45) is 0 Å². The third-order valence-corrected chi connectivity index (χ3v) is 3.07. The molecular weight excluding hydrogens is 294 g/mol. The molecule has 0 spiro atoms. The summed E-state index contributed by atoms with van der Waals surface area (Å²) < 4.78 is 10.7. The van der Waals surface area contributed by atoms with Crippen LogP contribution in [0.3, 0.4) is 0 Å². The molecule has 2 rings (SSSR count). The highest BCUT2D eigenvalue weighted by Crippen LogP contribution is 2.34. The van der Waals surface area contributed by atoms with Gasteiger partial charge in [0.25, 0.3) is 0 Å². The smallest absolute Gasteiger partial charge is 0.339 e. The number of halogens is 1. The van der Waals surface area contributed by atoms with E-state index >= 15 is 0 Å². The average molecular weight is 308 g/mol. The molecule has 110 valence electrons. The Balaban J connectivity index is 2.16. The summed E-state index contributed by atoms with van der Waals surface area (Å²) in [5, 5.41) is 9.51. The van der Waals surface area contributed by atoms with E-state index in [0.29, 0.717) is 18.8 Å². The van der Waals surface area contributed by atoms with Crippen molar-refractivity contribution in [2.45, 2.75) is 6.42 Å². The van der Waals surface area contributed by atoms with Crippen LogP contribution in [0.15, 0.2) is 36.7 Å². The van der Waals surface area contributed by atoms with Crippen molar-refractivity contribution >= 4 is 17.6 Å². The maximum atomic E-state index is 11.3. The number of carboxylic acids is 1. The van der Waals surface area contributed by atoms with Crippen LogP contribution in [0, 0.1) is 0 Å². The van der Waals surface area contributed by atoms with E-state index < -0.39 is 5.97 Å². The van der Waals surface area contributed by atoms with Gasteiger partial charge in [-0.15, -0.1) is 0 Å². The summed E-state index contributed by atoms with van der Waals surface area (Å²) in [4.78, 5) is 15.2. The SMILES string of the molecule is COc1cc(Cl)cc(C(=O)O)c1OCCc1ccncc1. The van der Waals surface area contributed by atoms with Crippen LogP contribution in [0.2, 0.25) is 5.02 Å². The first kappa shape index (κ1) is 15.1. The summed E-state index contributed by atoms with van der Waals surface area (Å²) in [5.74, 6) is -0.632. The number of benzene rings is 1. The normalized spacial score (nSPS) is 10.2. The molecule has 2 aromatic rings. The fourth-order valence-electron chi connectivity index (χ4n) is 1.85. The highest BCUT2D eigenvalue weighted by molar-refractivity contribution is 6.31. The molecule has 5 nitrogen and oxygen atoms in total. The van der Waals surface area contributed by atoms with E-state index in [1.54, 1.807) is 12.4 Å². The molecule has 1 heterocycles. The fraction of sp³-hybridized carbons (Fsp3) is 0.200. The Kier molecular flexibility index (Phi) is 5.00. The Hall–Kier alpha value is -2.27. The lowest BCUT2D eigenvalue weighted by Gasteiger charge is -2.13. The maximum Gasteiger partial charge on any atom is 0.339 e. The molecule has 0 unspecified atom stereocenters. The van der Waals surface area contributed by atoms with E-state index in [9.17, 15) is 9.90 Å². The standard InChI is InChI=1S/C15H14ClNO4/c1-20-13-9-11(16)8-12(15(18)19)14(13)21-7-4-10-2-5-17-6-3-10/h2-3,5-6,8-9H,4,7H2,1H3,(H,18,19). The zero-order valence-corrected chi connectivity index (χ0v) is 12.1. The van der Waals surface area contributed by atoms with E-state index in [1.165, 1.54) is 19.2 Å². The number of nitrogens with zero attached hydrogens (tertiary/aromatic N) is 1. The molecule has 1 aromatic heterocycles. The van der Waals surface area contributed by atoms with Crippen LogP contribution in [-0.2, 0) is 6.42 Å². The van der Waals surface area contributed by atoms with Crippen LogP contribution < -0.4 is 9.47 Å². The molecule has 6 heteroatoms. The molecule has 21 heavy (non-hydrogen) atoms. The van der Waals surface area contributed by atoms with Gasteiger partial charge in [0.15, 0.2) is 11.5 Å². The Morgan fingerprint density at radius 2 is 2.05 bits per heavy atom. The number of ether oxygens (including phenoxy) is 2. The van der Waals surface area contributed by atoms with Crippen LogP contribution in [0.1, 0.15) is 15.9 Å². The van der Waals surface area contributed by atoms with E-state index in [0.717, 1.165) is 5.56 Å². The van der Waals surface area contributed by atoms with Crippen molar-refractivity contribution in [1.82, 2.24) is 4.98 Å². The minimum atomic E-state index is -1.12. The molecule has 0 radical (unpaired) electrons. The Morgan fingerprint density at radius 1 is 1.33 bits per heavy atom. The van der Waals surface area contributed by atoms with Crippen LogP contribution in [0.5, 0.6) is 11.5 Å². The van der Waals surface area contributed by atoms with Gasteiger partial charge in [-0.25, -0.2) is 4.79 Å². The monoisotopic (exact) mass is 307 g/mol. The number of pyridine rings is 1. The first-order valence-electron chi connectivity index (χ1n) is 6.24. The lowest BCUT2D eigenvalue weighted by molar-refractivity contribution is 0.0691. The van der Waals surface area contributed by atoms with Crippen molar-refractivity contribution in [2.75, 3.05) is 13.7 Å². The van der Waals surface area contributed by atoms with Gasteiger partial charge in [0, 0.05) is 29.9 Å². The molecule has 0 aliphatic heterocycles. The van der Waals surface area contributed by atoms with Gasteiger partial charge in [-0.2, -0.15) is 0 Å².